The summed E-state index contributed by atoms with van der Waals surface area (Å²) in [6, 6.07) is 29.2. The van der Waals surface area contributed by atoms with E-state index < -0.39 is 6.36 Å². The largest absolute Gasteiger partial charge is 0.573 e. The van der Waals surface area contributed by atoms with Gasteiger partial charge in [-0.2, -0.15) is 0 Å². The SMILES string of the molecule is Clc1nc(C2CCCCC2)c2ccccc2n1.Clc1nc(Cl)c2ccccc2n1.O=C(Cc1ccc(OC(F)(F)F)cc1)N1CC[C@H](Nc2nc(C3CCCCC3)c3ccccc3n2)C1. The van der Waals surface area contributed by atoms with Crippen LogP contribution in [-0.4, -0.2) is 66.2 Å². The summed E-state index contributed by atoms with van der Waals surface area (Å²) in [4.78, 5) is 40.9. The van der Waals surface area contributed by atoms with Crippen molar-refractivity contribution in [3.63, 3.8) is 0 Å². The predicted molar refractivity (Wildman–Crippen MR) is 251 cm³/mol. The van der Waals surface area contributed by atoms with E-state index in [0.717, 1.165) is 58.0 Å². The molecule has 3 fully saturated rings. The Labute approximate surface area is 390 Å². The monoisotopic (exact) mass is 942 g/mol. The fraction of sp³-hybridized carbons (Fsp3) is 0.367. The van der Waals surface area contributed by atoms with Gasteiger partial charge in [0.15, 0.2) is 0 Å². The molecule has 3 aliphatic rings. The van der Waals surface area contributed by atoms with Crippen molar-refractivity contribution in [1.82, 2.24) is 34.8 Å². The highest BCUT2D eigenvalue weighted by Crippen LogP contribution is 2.37. The standard InChI is InChI=1S/C27H29F3N4O2.C14H15ClN2.C8H4Cl2N2/c28-27(29,30)36-21-12-10-18(11-13-21)16-24(35)34-15-14-20(17-34)31-26-32-23-9-5-4-8-22(23)25(33-26)19-6-2-1-3-7-19;15-14-16-12-9-5-4-8-11(12)13(17-14)10-6-2-1-3-7-10;9-7-5-3-1-2-4-6(5)11-8(10)12-7/h4-5,8-13,19-20H,1-3,6-7,14-17H2,(H,31,32,33);4-5,8-10H,1-3,6-7H2;1-4H/t20-;;/m0../s1. The van der Waals surface area contributed by atoms with Crippen molar-refractivity contribution < 1.29 is 22.7 Å². The number of ether oxygens (including phenoxy) is 1. The molecular formula is C49H48Cl3F3N8O2. The van der Waals surface area contributed by atoms with Crippen molar-refractivity contribution in [1.29, 1.82) is 0 Å². The number of anilines is 1. The maximum absolute atomic E-state index is 12.8. The lowest BCUT2D eigenvalue weighted by Gasteiger charge is -2.23. The highest BCUT2D eigenvalue weighted by Gasteiger charge is 2.31. The topological polar surface area (TPSA) is 119 Å². The van der Waals surface area contributed by atoms with Crippen LogP contribution in [0.15, 0.2) is 97.1 Å². The number of hydrogen-bond acceptors (Lipinski definition) is 9. The first-order valence-electron chi connectivity index (χ1n) is 22.1. The van der Waals surface area contributed by atoms with Gasteiger partial charge in [-0.15, -0.1) is 13.2 Å². The van der Waals surface area contributed by atoms with Crippen molar-refractivity contribution in [2.45, 2.75) is 101 Å². The summed E-state index contributed by atoms with van der Waals surface area (Å²) in [6.45, 7) is 1.14. The minimum atomic E-state index is -4.74. The zero-order valence-corrected chi connectivity index (χ0v) is 37.9. The Morgan fingerprint density at radius 3 is 1.71 bits per heavy atom. The molecule has 10 rings (SSSR count). The number of alkyl halides is 3. The molecule has 1 aliphatic heterocycles. The van der Waals surface area contributed by atoms with Crippen LogP contribution >= 0.6 is 34.8 Å². The summed E-state index contributed by atoms with van der Waals surface area (Å²) in [5, 5.41) is 7.51. The number of carbonyl (C=O) groups is 1. The molecule has 65 heavy (non-hydrogen) atoms. The van der Waals surface area contributed by atoms with E-state index in [4.69, 9.17) is 44.8 Å². The van der Waals surface area contributed by atoms with Gasteiger partial charge in [0.2, 0.25) is 22.4 Å². The molecule has 3 aromatic heterocycles. The molecule has 338 valence electrons. The summed E-state index contributed by atoms with van der Waals surface area (Å²) >= 11 is 17.5. The number of likely N-dealkylation sites (tertiary alicyclic amines) is 1. The first kappa shape index (κ1) is 46.2. The van der Waals surface area contributed by atoms with Crippen LogP contribution < -0.4 is 10.1 Å². The minimum Gasteiger partial charge on any atom is -0.406 e. The molecule has 10 nitrogen and oxygen atoms in total. The van der Waals surface area contributed by atoms with Gasteiger partial charge >= 0.3 is 6.36 Å². The molecule has 1 atom stereocenters. The molecule has 1 saturated heterocycles. The van der Waals surface area contributed by atoms with E-state index in [0.29, 0.717) is 46.9 Å². The van der Waals surface area contributed by atoms with Crippen LogP contribution in [0.2, 0.25) is 15.7 Å². The number of benzene rings is 4. The fourth-order valence-corrected chi connectivity index (χ4v) is 9.65. The molecule has 1 amide bonds. The molecule has 2 aliphatic carbocycles. The lowest BCUT2D eigenvalue weighted by Crippen LogP contribution is -2.33. The molecule has 4 heterocycles. The summed E-state index contributed by atoms with van der Waals surface area (Å²) in [5.74, 6) is 1.25. The van der Waals surface area contributed by atoms with Gasteiger partial charge in [0.05, 0.1) is 34.4 Å². The maximum atomic E-state index is 12.8. The Hall–Kier alpha value is -5.37. The van der Waals surface area contributed by atoms with Gasteiger partial charge in [-0.1, -0.05) is 111 Å². The van der Waals surface area contributed by atoms with Gasteiger partial charge in [-0.3, -0.25) is 4.79 Å². The van der Waals surface area contributed by atoms with Gasteiger partial charge < -0.3 is 15.0 Å². The van der Waals surface area contributed by atoms with E-state index in [1.165, 1.54) is 81.0 Å². The van der Waals surface area contributed by atoms with Gasteiger partial charge in [-0.25, -0.2) is 29.9 Å². The minimum absolute atomic E-state index is 0.0388. The van der Waals surface area contributed by atoms with Crippen LogP contribution in [0.4, 0.5) is 19.1 Å². The van der Waals surface area contributed by atoms with E-state index in [-0.39, 0.29) is 29.4 Å². The summed E-state index contributed by atoms with van der Waals surface area (Å²) in [5.41, 5.74) is 5.57. The molecule has 0 spiro atoms. The van der Waals surface area contributed by atoms with Gasteiger partial charge in [0.25, 0.3) is 0 Å². The average molecular weight is 944 g/mol. The van der Waals surface area contributed by atoms with E-state index in [1.807, 2.05) is 60.7 Å². The summed E-state index contributed by atoms with van der Waals surface area (Å²) in [7, 11) is 0. The number of hydrogen-bond donors (Lipinski definition) is 1. The zero-order valence-electron chi connectivity index (χ0n) is 35.6. The fourth-order valence-electron chi connectivity index (χ4n) is 9.01. The Morgan fingerprint density at radius 1 is 0.615 bits per heavy atom. The molecule has 2 saturated carbocycles. The summed E-state index contributed by atoms with van der Waals surface area (Å²) < 4.78 is 40.9. The maximum Gasteiger partial charge on any atom is 0.573 e. The first-order chi connectivity index (χ1) is 31.5. The number of para-hydroxylation sites is 3. The van der Waals surface area contributed by atoms with Crippen LogP contribution in [0.5, 0.6) is 5.75 Å². The number of halogens is 6. The number of amides is 1. The van der Waals surface area contributed by atoms with Crippen LogP contribution in [0.1, 0.15) is 99.4 Å². The Bertz CT molecular complexity index is 2730. The van der Waals surface area contributed by atoms with E-state index in [9.17, 15) is 18.0 Å². The summed E-state index contributed by atoms with van der Waals surface area (Å²) in [6.07, 6.45) is 8.63. The third kappa shape index (κ3) is 12.3. The Morgan fingerprint density at radius 2 is 1.12 bits per heavy atom. The molecule has 0 radical (unpaired) electrons. The van der Waals surface area contributed by atoms with Crippen molar-refractivity contribution >= 4 is 79.4 Å². The highest BCUT2D eigenvalue weighted by atomic mass is 35.5. The number of rotatable bonds is 7. The van der Waals surface area contributed by atoms with Gasteiger partial charge in [0, 0.05) is 47.1 Å². The Balaban J connectivity index is 0.000000162. The molecule has 0 unspecified atom stereocenters. The quantitative estimate of drug-likeness (QED) is 0.123. The normalized spacial score (nSPS) is 17.0. The zero-order chi connectivity index (χ0) is 45.3. The molecule has 7 aromatic rings. The van der Waals surface area contributed by atoms with Crippen LogP contribution in [-0.2, 0) is 11.2 Å². The molecule has 0 bridgehead atoms. The number of aromatic nitrogens is 6. The molecule has 4 aromatic carbocycles. The van der Waals surface area contributed by atoms with Crippen molar-refractivity contribution in [3.05, 3.63) is 130 Å². The second-order valence-corrected chi connectivity index (χ2v) is 17.7. The lowest BCUT2D eigenvalue weighted by molar-refractivity contribution is -0.274. The van der Waals surface area contributed by atoms with Crippen LogP contribution in [0.25, 0.3) is 32.7 Å². The second kappa shape index (κ2) is 21.3. The highest BCUT2D eigenvalue weighted by molar-refractivity contribution is 6.35. The molecule has 1 N–H and O–H groups in total. The Kier molecular flexibility index (Phi) is 15.1. The second-order valence-electron chi connectivity index (χ2n) is 16.7. The van der Waals surface area contributed by atoms with E-state index in [1.54, 1.807) is 4.90 Å². The number of nitrogens with one attached hydrogen (secondary N) is 1. The van der Waals surface area contributed by atoms with Crippen LogP contribution in [0, 0.1) is 0 Å². The number of fused-ring (bicyclic) bond motifs is 3. The third-order valence-electron chi connectivity index (χ3n) is 12.1. The first-order valence-corrected chi connectivity index (χ1v) is 23.2. The lowest BCUT2D eigenvalue weighted by atomic mass is 9.85. The molecular weight excluding hydrogens is 896 g/mol. The van der Waals surface area contributed by atoms with E-state index >= 15 is 0 Å². The van der Waals surface area contributed by atoms with Crippen molar-refractivity contribution in [2.75, 3.05) is 18.4 Å². The smallest absolute Gasteiger partial charge is 0.406 e. The predicted octanol–water partition coefficient (Wildman–Crippen LogP) is 13.1. The number of carbonyl (C=O) groups excluding carboxylic acids is 1. The van der Waals surface area contributed by atoms with Crippen LogP contribution in [0.3, 0.4) is 0 Å². The van der Waals surface area contributed by atoms with Gasteiger partial charge in [-0.05, 0) is 97.3 Å². The van der Waals surface area contributed by atoms with Gasteiger partial charge in [0.1, 0.15) is 10.9 Å². The number of nitrogens with zero attached hydrogens (tertiary/aromatic N) is 7. The van der Waals surface area contributed by atoms with E-state index in [2.05, 4.69) is 42.1 Å². The van der Waals surface area contributed by atoms with Crippen molar-refractivity contribution in [3.8, 4) is 5.75 Å². The van der Waals surface area contributed by atoms with Crippen molar-refractivity contribution in [2.24, 2.45) is 0 Å². The third-order valence-corrected chi connectivity index (χ3v) is 12.8. The average Bonchev–Trinajstić information content (AvgIpc) is 3.78. The molecule has 16 heteroatoms.